The van der Waals surface area contributed by atoms with Crippen LogP contribution in [0.3, 0.4) is 0 Å². The van der Waals surface area contributed by atoms with Crippen LogP contribution in [-0.4, -0.2) is 50.5 Å². The van der Waals surface area contributed by atoms with Crippen molar-refractivity contribution >= 4 is 23.9 Å². The molecule has 180 valence electrons. The van der Waals surface area contributed by atoms with Crippen LogP contribution in [0.2, 0.25) is 0 Å². The Morgan fingerprint density at radius 1 is 0.629 bits per heavy atom. The van der Waals surface area contributed by atoms with Crippen LogP contribution in [0.5, 0.6) is 0 Å². The summed E-state index contributed by atoms with van der Waals surface area (Å²) in [6, 6.07) is 10.0. The van der Waals surface area contributed by atoms with E-state index in [9.17, 15) is 52.8 Å². The minimum Gasteiger partial charge on any atom is -0.478 e. The molecule has 0 bridgehead atoms. The zero-order valence-corrected chi connectivity index (χ0v) is 17.5. The van der Waals surface area contributed by atoms with E-state index in [0.29, 0.717) is 0 Å². The number of halogens is 3. The highest BCUT2D eigenvalue weighted by Gasteiger charge is 2.30. The molecular weight excluding hydrogens is 473 g/mol. The lowest BCUT2D eigenvalue weighted by molar-refractivity contribution is -0.127. The molecule has 0 aliphatic carbocycles. The normalized spacial score (nSPS) is 11.2. The van der Waals surface area contributed by atoms with Gasteiger partial charge in [0, 0.05) is 0 Å². The Morgan fingerprint density at radius 3 is 1.54 bits per heavy atom. The first-order chi connectivity index (χ1) is 16.3. The minimum absolute atomic E-state index is 0.0542. The molecule has 0 saturated heterocycles. The Kier molecular flexibility index (Phi) is 6.63. The van der Waals surface area contributed by atoms with Crippen LogP contribution in [0.1, 0.15) is 47.0 Å². The van der Waals surface area contributed by atoms with Crippen molar-refractivity contribution in [3.05, 3.63) is 82.4 Å². The summed E-state index contributed by atoms with van der Waals surface area (Å²) in [5.41, 5.74) is -2.69. The van der Waals surface area contributed by atoms with Crippen molar-refractivity contribution in [3.8, 4) is 22.3 Å². The molecule has 0 saturated carbocycles. The maximum atomic E-state index is 13.3. The van der Waals surface area contributed by atoms with Crippen molar-refractivity contribution in [2.75, 3.05) is 0 Å². The Morgan fingerprint density at radius 2 is 1.09 bits per heavy atom. The van der Waals surface area contributed by atoms with E-state index in [-0.39, 0.29) is 27.8 Å². The van der Waals surface area contributed by atoms with Crippen LogP contribution < -0.4 is 0 Å². The maximum Gasteiger partial charge on any atom is 0.393 e. The number of hydrogen-bond donors (Lipinski definition) is 4. The molecule has 0 unspecified atom stereocenters. The van der Waals surface area contributed by atoms with Crippen LogP contribution in [-0.2, 0) is 6.42 Å². The van der Waals surface area contributed by atoms with Crippen LogP contribution in [0.25, 0.3) is 22.3 Å². The van der Waals surface area contributed by atoms with Crippen LogP contribution in [0.4, 0.5) is 13.2 Å². The molecule has 3 rings (SSSR count). The van der Waals surface area contributed by atoms with Gasteiger partial charge in [-0.05, 0) is 52.1 Å². The van der Waals surface area contributed by atoms with E-state index in [1.165, 1.54) is 18.2 Å². The van der Waals surface area contributed by atoms with Crippen molar-refractivity contribution in [3.63, 3.8) is 0 Å². The fraction of sp³-hybridized carbons (Fsp3) is 0.0833. The highest BCUT2D eigenvalue weighted by atomic mass is 19.4. The largest absolute Gasteiger partial charge is 0.478 e. The van der Waals surface area contributed by atoms with Gasteiger partial charge >= 0.3 is 30.1 Å². The van der Waals surface area contributed by atoms with Crippen molar-refractivity contribution in [1.82, 2.24) is 0 Å². The second-order valence-electron chi connectivity index (χ2n) is 7.37. The second-order valence-corrected chi connectivity index (χ2v) is 7.37. The highest BCUT2D eigenvalue weighted by Crippen LogP contribution is 2.39. The van der Waals surface area contributed by atoms with Gasteiger partial charge in [0.15, 0.2) is 0 Å². The van der Waals surface area contributed by atoms with Crippen LogP contribution >= 0.6 is 0 Å². The van der Waals surface area contributed by atoms with E-state index in [2.05, 4.69) is 0 Å². The standard InChI is InChI=1S/C24H15F3O8/c25-24(26,27)10-13-2-1-3-14(11-4-6-15(20(28)29)17(8-11)22(32)33)19(13)12-5-7-16(21(30)31)18(9-12)23(34)35/h1-9H,10H2,(H,28,29)(H,30,31)(H,32,33)(H,34,35). The molecular formula is C24H15F3O8. The third kappa shape index (κ3) is 5.29. The maximum absolute atomic E-state index is 13.3. The molecule has 0 aliphatic heterocycles. The van der Waals surface area contributed by atoms with Gasteiger partial charge in [0.05, 0.1) is 28.7 Å². The number of alkyl halides is 3. The molecule has 0 heterocycles. The second kappa shape index (κ2) is 9.29. The summed E-state index contributed by atoms with van der Waals surface area (Å²) in [5, 5.41) is 37.4. The molecule has 11 heteroatoms. The minimum atomic E-state index is -4.66. The topological polar surface area (TPSA) is 149 Å². The van der Waals surface area contributed by atoms with Crippen molar-refractivity contribution < 1.29 is 52.8 Å². The molecule has 0 aliphatic rings. The van der Waals surface area contributed by atoms with Crippen molar-refractivity contribution in [2.24, 2.45) is 0 Å². The van der Waals surface area contributed by atoms with E-state index in [1.807, 2.05) is 0 Å². The lowest BCUT2D eigenvalue weighted by atomic mass is 9.87. The molecule has 0 spiro atoms. The molecule has 3 aromatic carbocycles. The highest BCUT2D eigenvalue weighted by molar-refractivity contribution is 6.05. The van der Waals surface area contributed by atoms with E-state index in [0.717, 1.165) is 36.4 Å². The number of carboxylic acid groups (broad SMARTS) is 4. The summed E-state index contributed by atoms with van der Waals surface area (Å²) >= 11 is 0. The van der Waals surface area contributed by atoms with E-state index < -0.39 is 58.7 Å². The molecule has 8 nitrogen and oxygen atoms in total. The first kappa shape index (κ1) is 25.0. The van der Waals surface area contributed by atoms with Crippen molar-refractivity contribution in [2.45, 2.75) is 12.6 Å². The van der Waals surface area contributed by atoms with Gasteiger partial charge in [-0.3, -0.25) is 0 Å². The van der Waals surface area contributed by atoms with Gasteiger partial charge in [0.1, 0.15) is 0 Å². The Hall–Kier alpha value is -4.67. The smallest absolute Gasteiger partial charge is 0.393 e. The average Bonchev–Trinajstić information content (AvgIpc) is 2.76. The lowest BCUT2D eigenvalue weighted by Crippen LogP contribution is -2.13. The number of aromatic carboxylic acids is 4. The van der Waals surface area contributed by atoms with Gasteiger partial charge in [0.2, 0.25) is 0 Å². The molecule has 35 heavy (non-hydrogen) atoms. The SMILES string of the molecule is O=C(O)c1ccc(-c2cccc(CC(F)(F)F)c2-c2ccc(C(=O)O)c(C(=O)O)c2)cc1C(=O)O. The number of carbonyl (C=O) groups is 4. The third-order valence-electron chi connectivity index (χ3n) is 5.10. The predicted octanol–water partition coefficient (Wildman–Crippen LogP) is 4.92. The zero-order chi connectivity index (χ0) is 26.1. The third-order valence-corrected chi connectivity index (χ3v) is 5.10. The summed E-state index contributed by atoms with van der Waals surface area (Å²) in [4.78, 5) is 46.0. The van der Waals surface area contributed by atoms with E-state index >= 15 is 0 Å². The summed E-state index contributed by atoms with van der Waals surface area (Å²) in [6.07, 6.45) is -6.08. The van der Waals surface area contributed by atoms with Crippen LogP contribution in [0, 0.1) is 0 Å². The molecule has 0 amide bonds. The Balaban J connectivity index is 2.37. The van der Waals surface area contributed by atoms with Gasteiger partial charge in [0.25, 0.3) is 0 Å². The summed E-state index contributed by atoms with van der Waals surface area (Å²) in [5.74, 6) is -6.25. The molecule has 4 N–H and O–H groups in total. The van der Waals surface area contributed by atoms with Gasteiger partial charge in [-0.1, -0.05) is 30.3 Å². The van der Waals surface area contributed by atoms with Crippen LogP contribution in [0.15, 0.2) is 54.6 Å². The molecule has 0 aromatic heterocycles. The van der Waals surface area contributed by atoms with Gasteiger partial charge in [-0.2, -0.15) is 13.2 Å². The first-order valence-electron chi connectivity index (χ1n) is 9.71. The molecule has 0 atom stereocenters. The van der Waals surface area contributed by atoms with E-state index in [4.69, 9.17) is 0 Å². The monoisotopic (exact) mass is 488 g/mol. The molecule has 0 radical (unpaired) electrons. The van der Waals surface area contributed by atoms with Crippen molar-refractivity contribution in [1.29, 1.82) is 0 Å². The Labute approximate surface area is 194 Å². The van der Waals surface area contributed by atoms with Gasteiger partial charge in [-0.25, -0.2) is 19.2 Å². The summed E-state index contributed by atoms with van der Waals surface area (Å²) in [6.45, 7) is 0. The fourth-order valence-electron chi connectivity index (χ4n) is 3.68. The average molecular weight is 488 g/mol. The lowest BCUT2D eigenvalue weighted by Gasteiger charge is -2.18. The van der Waals surface area contributed by atoms with E-state index in [1.54, 1.807) is 0 Å². The summed E-state index contributed by atoms with van der Waals surface area (Å²) < 4.78 is 40.0. The number of hydrogen-bond acceptors (Lipinski definition) is 4. The van der Waals surface area contributed by atoms with Gasteiger partial charge < -0.3 is 20.4 Å². The predicted molar refractivity (Wildman–Crippen MR) is 115 cm³/mol. The quantitative estimate of drug-likeness (QED) is 0.366. The number of carboxylic acids is 4. The molecule has 0 fully saturated rings. The zero-order valence-electron chi connectivity index (χ0n) is 17.5. The fourth-order valence-corrected chi connectivity index (χ4v) is 3.68. The molecule has 3 aromatic rings. The summed E-state index contributed by atoms with van der Waals surface area (Å²) in [7, 11) is 0. The van der Waals surface area contributed by atoms with Gasteiger partial charge in [-0.15, -0.1) is 0 Å². The first-order valence-corrected chi connectivity index (χ1v) is 9.71. The number of benzene rings is 3. The number of rotatable bonds is 7. The Bertz CT molecular complexity index is 1380.